The van der Waals surface area contributed by atoms with Gasteiger partial charge in [-0.1, -0.05) is 43.7 Å². The molecular formula is C33H33FN6. The SMILES string of the molecule is C=C/C(=C\C(=C/C)c1cc2c(-c3cc4c(-c5ccc(F)cc5)ccnc4[nH]3)n[nH]c2cn1)CNCC1CCCC1. The number of rotatable bonds is 9. The zero-order chi connectivity index (χ0) is 27.5. The van der Waals surface area contributed by atoms with E-state index >= 15 is 0 Å². The van der Waals surface area contributed by atoms with Crippen LogP contribution in [0.15, 0.2) is 85.2 Å². The molecule has 202 valence electrons. The van der Waals surface area contributed by atoms with E-state index in [2.05, 4.69) is 56.3 Å². The minimum atomic E-state index is -0.257. The van der Waals surface area contributed by atoms with Crippen LogP contribution in [-0.4, -0.2) is 38.2 Å². The van der Waals surface area contributed by atoms with Crippen LogP contribution >= 0.6 is 0 Å². The molecule has 6 rings (SSSR count). The second-order valence-electron chi connectivity index (χ2n) is 10.4. The monoisotopic (exact) mass is 532 g/mol. The van der Waals surface area contributed by atoms with Gasteiger partial charge in [0, 0.05) is 23.5 Å². The molecule has 0 aliphatic heterocycles. The smallest absolute Gasteiger partial charge is 0.138 e. The molecule has 6 nitrogen and oxygen atoms in total. The average Bonchev–Trinajstić information content (AvgIpc) is 3.74. The Hall–Kier alpha value is -4.36. The first kappa shape index (κ1) is 25.9. The third-order valence-corrected chi connectivity index (χ3v) is 7.84. The highest BCUT2D eigenvalue weighted by Crippen LogP contribution is 2.34. The van der Waals surface area contributed by atoms with Gasteiger partial charge < -0.3 is 10.3 Å². The second-order valence-corrected chi connectivity index (χ2v) is 10.4. The molecule has 1 aliphatic rings. The van der Waals surface area contributed by atoms with Crippen LogP contribution in [0.25, 0.3) is 50.0 Å². The van der Waals surface area contributed by atoms with E-state index in [1.54, 1.807) is 18.3 Å². The number of nitrogens with one attached hydrogen (secondary N) is 3. The van der Waals surface area contributed by atoms with E-state index in [4.69, 9.17) is 4.98 Å². The molecule has 4 aromatic heterocycles. The molecule has 0 unspecified atom stereocenters. The molecule has 0 spiro atoms. The summed E-state index contributed by atoms with van der Waals surface area (Å²) in [5.74, 6) is 0.537. The van der Waals surface area contributed by atoms with E-state index in [0.29, 0.717) is 0 Å². The van der Waals surface area contributed by atoms with Gasteiger partial charge in [0.1, 0.15) is 17.2 Å². The predicted octanol–water partition coefficient (Wildman–Crippen LogP) is 7.60. The van der Waals surface area contributed by atoms with Crippen LogP contribution in [0.4, 0.5) is 4.39 Å². The van der Waals surface area contributed by atoms with Crippen molar-refractivity contribution in [3.05, 3.63) is 96.7 Å². The summed E-state index contributed by atoms with van der Waals surface area (Å²) in [5.41, 5.74) is 8.19. The molecule has 0 amide bonds. The van der Waals surface area contributed by atoms with E-state index in [1.165, 1.54) is 37.8 Å². The van der Waals surface area contributed by atoms with E-state index < -0.39 is 0 Å². The maximum atomic E-state index is 13.5. The molecule has 1 aromatic carbocycles. The van der Waals surface area contributed by atoms with Crippen molar-refractivity contribution in [1.29, 1.82) is 0 Å². The van der Waals surface area contributed by atoms with Crippen molar-refractivity contribution in [2.75, 3.05) is 13.1 Å². The number of nitrogens with zero attached hydrogens (tertiary/aromatic N) is 3. The van der Waals surface area contributed by atoms with Gasteiger partial charge in [-0.05, 0) is 90.9 Å². The van der Waals surface area contributed by atoms with Gasteiger partial charge in [0.15, 0.2) is 0 Å². The Bertz CT molecular complexity index is 1720. The Morgan fingerprint density at radius 3 is 2.70 bits per heavy atom. The number of fused-ring (bicyclic) bond motifs is 2. The zero-order valence-electron chi connectivity index (χ0n) is 22.7. The molecular weight excluding hydrogens is 499 g/mol. The quantitative estimate of drug-likeness (QED) is 0.171. The standard InChI is InChI=1S/C33H33FN6/c1-3-21(18-35-19-22-7-5-6-8-22)15-23(4-2)29-17-28-31(20-37-29)39-40-32(28)30-16-27-26(13-14-36-33(27)38-30)24-9-11-25(34)12-10-24/h3-4,9-17,20,22,35H,1,5-8,18-19H2,2H3,(H,36,38)(H,39,40)/b21-15+,23-4+. The van der Waals surface area contributed by atoms with Gasteiger partial charge in [-0.3, -0.25) is 10.1 Å². The molecule has 0 atom stereocenters. The van der Waals surface area contributed by atoms with Crippen LogP contribution in [0, 0.1) is 11.7 Å². The van der Waals surface area contributed by atoms with Crippen LogP contribution < -0.4 is 5.32 Å². The highest BCUT2D eigenvalue weighted by molar-refractivity contribution is 6.00. The van der Waals surface area contributed by atoms with E-state index in [-0.39, 0.29) is 5.82 Å². The molecule has 1 fully saturated rings. The average molecular weight is 533 g/mol. The summed E-state index contributed by atoms with van der Waals surface area (Å²) in [6.45, 7) is 7.91. The first-order chi connectivity index (χ1) is 19.6. The lowest BCUT2D eigenvalue weighted by Gasteiger charge is -2.11. The van der Waals surface area contributed by atoms with Crippen molar-refractivity contribution in [1.82, 2.24) is 30.5 Å². The largest absolute Gasteiger partial charge is 0.338 e. The molecule has 3 N–H and O–H groups in total. The summed E-state index contributed by atoms with van der Waals surface area (Å²) in [4.78, 5) is 12.7. The maximum Gasteiger partial charge on any atom is 0.138 e. The second kappa shape index (κ2) is 11.4. The summed E-state index contributed by atoms with van der Waals surface area (Å²) in [5, 5.41) is 13.3. The van der Waals surface area contributed by atoms with E-state index in [9.17, 15) is 4.39 Å². The minimum Gasteiger partial charge on any atom is -0.338 e. The Morgan fingerprint density at radius 1 is 1.10 bits per heavy atom. The Balaban J connectivity index is 1.30. The number of H-pyrrole nitrogens is 2. The van der Waals surface area contributed by atoms with Crippen molar-refractivity contribution >= 4 is 27.5 Å². The molecule has 1 saturated carbocycles. The van der Waals surface area contributed by atoms with Crippen LogP contribution in [-0.2, 0) is 0 Å². The summed E-state index contributed by atoms with van der Waals surface area (Å²) in [6.07, 6.45) is 15.1. The van der Waals surface area contributed by atoms with Crippen LogP contribution in [0.5, 0.6) is 0 Å². The number of allylic oxidation sites excluding steroid dienone is 3. The first-order valence-corrected chi connectivity index (χ1v) is 13.9. The molecule has 4 heterocycles. The summed E-state index contributed by atoms with van der Waals surface area (Å²) in [7, 11) is 0. The third kappa shape index (κ3) is 5.25. The van der Waals surface area contributed by atoms with Gasteiger partial charge in [-0.15, -0.1) is 0 Å². The third-order valence-electron chi connectivity index (χ3n) is 7.84. The fourth-order valence-electron chi connectivity index (χ4n) is 5.64. The van der Waals surface area contributed by atoms with Crippen LogP contribution in [0.3, 0.4) is 0 Å². The van der Waals surface area contributed by atoms with Gasteiger partial charge in [-0.25, -0.2) is 9.37 Å². The zero-order valence-corrected chi connectivity index (χ0v) is 22.7. The van der Waals surface area contributed by atoms with E-state index in [1.807, 2.05) is 25.3 Å². The highest BCUT2D eigenvalue weighted by Gasteiger charge is 2.16. The van der Waals surface area contributed by atoms with E-state index in [0.717, 1.165) is 80.3 Å². The van der Waals surface area contributed by atoms with Gasteiger partial charge >= 0.3 is 0 Å². The van der Waals surface area contributed by atoms with Crippen LogP contribution in [0.1, 0.15) is 38.3 Å². The summed E-state index contributed by atoms with van der Waals surface area (Å²) >= 11 is 0. The number of pyridine rings is 2. The summed E-state index contributed by atoms with van der Waals surface area (Å²) < 4.78 is 13.5. The maximum absolute atomic E-state index is 13.5. The lowest BCUT2D eigenvalue weighted by molar-refractivity contribution is 0.503. The molecule has 1 aliphatic carbocycles. The van der Waals surface area contributed by atoms with Crippen molar-refractivity contribution in [2.24, 2.45) is 5.92 Å². The van der Waals surface area contributed by atoms with Crippen molar-refractivity contribution in [3.63, 3.8) is 0 Å². The number of halogens is 1. The predicted molar refractivity (Wildman–Crippen MR) is 161 cm³/mol. The number of benzene rings is 1. The van der Waals surface area contributed by atoms with Gasteiger partial charge in [0.2, 0.25) is 0 Å². The first-order valence-electron chi connectivity index (χ1n) is 13.9. The lowest BCUT2D eigenvalue weighted by atomic mass is 10.0. The number of aromatic amines is 2. The number of hydrogen-bond acceptors (Lipinski definition) is 4. The number of hydrogen-bond donors (Lipinski definition) is 3. The Morgan fingerprint density at radius 2 is 1.93 bits per heavy atom. The highest BCUT2D eigenvalue weighted by atomic mass is 19.1. The molecule has 0 bridgehead atoms. The fraction of sp³-hybridized carbons (Fsp3) is 0.242. The Labute approximate surface area is 233 Å². The normalized spacial score (nSPS) is 14.9. The molecule has 5 aromatic rings. The van der Waals surface area contributed by atoms with Gasteiger partial charge in [0.05, 0.1) is 23.1 Å². The van der Waals surface area contributed by atoms with Gasteiger partial charge in [0.25, 0.3) is 0 Å². The van der Waals surface area contributed by atoms with Crippen LogP contribution in [0.2, 0.25) is 0 Å². The Kier molecular flexibility index (Phi) is 7.38. The number of aromatic nitrogens is 5. The molecule has 0 radical (unpaired) electrons. The molecule has 0 saturated heterocycles. The topological polar surface area (TPSA) is 82.3 Å². The van der Waals surface area contributed by atoms with Gasteiger partial charge in [-0.2, -0.15) is 5.10 Å². The molecule has 7 heteroatoms. The lowest BCUT2D eigenvalue weighted by Crippen LogP contribution is -2.23. The van der Waals surface area contributed by atoms with Crippen molar-refractivity contribution in [3.8, 4) is 22.5 Å². The summed E-state index contributed by atoms with van der Waals surface area (Å²) in [6, 6.07) is 12.6. The minimum absolute atomic E-state index is 0.257. The van der Waals surface area contributed by atoms with Crippen molar-refractivity contribution in [2.45, 2.75) is 32.6 Å². The van der Waals surface area contributed by atoms with Crippen molar-refractivity contribution < 1.29 is 4.39 Å². The molecule has 40 heavy (non-hydrogen) atoms. The fourth-order valence-corrected chi connectivity index (χ4v) is 5.64.